The Morgan fingerprint density at radius 1 is 0.527 bits per heavy atom. The maximum Gasteiger partial charge on any atom is 0.0300 e. The van der Waals surface area contributed by atoms with Gasteiger partial charge in [-0.1, -0.05) is 175 Å². The number of hydrogen-bond acceptors (Lipinski definition) is 5. The van der Waals surface area contributed by atoms with Gasteiger partial charge in [0.2, 0.25) is 0 Å². The van der Waals surface area contributed by atoms with E-state index in [-0.39, 0.29) is 12.1 Å². The first-order valence-electron chi connectivity index (χ1n) is 19.6. The SMILES string of the molecule is CC(N)c1ccccc1.CC(NCc1ccccc1)c1ccccc1.CNC(C)c1ccccc1.Cc1ccc(C(C)N)cc1.NC1CCc2ccccc21. The summed E-state index contributed by atoms with van der Waals surface area (Å²) in [6, 6.07) is 59.7. The second kappa shape index (κ2) is 25.2. The fraction of sp³-hybridized carbons (Fsp3) is 0.280. The van der Waals surface area contributed by atoms with Gasteiger partial charge in [0.05, 0.1) is 0 Å². The van der Waals surface area contributed by atoms with Crippen LogP contribution in [-0.2, 0) is 13.0 Å². The second-order valence-electron chi connectivity index (χ2n) is 14.2. The number of aryl methyl sites for hydroxylation is 2. The Balaban J connectivity index is 0.000000188. The molecule has 0 heterocycles. The molecule has 6 aromatic carbocycles. The molecule has 1 aliphatic carbocycles. The van der Waals surface area contributed by atoms with Gasteiger partial charge in [-0.3, -0.25) is 0 Å². The molecule has 5 atom stereocenters. The third-order valence-electron chi connectivity index (χ3n) is 9.60. The number of fused-ring (bicyclic) bond motifs is 1. The van der Waals surface area contributed by atoms with E-state index in [2.05, 4.69) is 153 Å². The second-order valence-corrected chi connectivity index (χ2v) is 14.2. The molecule has 55 heavy (non-hydrogen) atoms. The summed E-state index contributed by atoms with van der Waals surface area (Å²) in [6.07, 6.45) is 2.29. The molecule has 8 N–H and O–H groups in total. The van der Waals surface area contributed by atoms with Crippen molar-refractivity contribution in [1.29, 1.82) is 0 Å². The van der Waals surface area contributed by atoms with Crippen LogP contribution in [0.5, 0.6) is 0 Å². The fourth-order valence-corrected chi connectivity index (χ4v) is 5.85. The minimum atomic E-state index is 0.153. The Bertz CT molecular complexity index is 1830. The lowest BCUT2D eigenvalue weighted by molar-refractivity contribution is 0.575. The number of nitrogens with two attached hydrogens (primary N) is 3. The molecule has 290 valence electrons. The number of nitrogens with one attached hydrogen (secondary N) is 2. The molecule has 5 unspecified atom stereocenters. The van der Waals surface area contributed by atoms with Crippen molar-refractivity contribution in [1.82, 2.24) is 10.6 Å². The van der Waals surface area contributed by atoms with E-state index in [1.54, 1.807) is 0 Å². The Morgan fingerprint density at radius 3 is 1.40 bits per heavy atom. The Hall–Kier alpha value is -4.88. The molecule has 0 aliphatic heterocycles. The van der Waals surface area contributed by atoms with E-state index in [4.69, 9.17) is 17.2 Å². The van der Waals surface area contributed by atoms with Gasteiger partial charge in [-0.25, -0.2) is 0 Å². The summed E-state index contributed by atoms with van der Waals surface area (Å²) in [7, 11) is 1.97. The van der Waals surface area contributed by atoms with E-state index < -0.39 is 0 Å². The van der Waals surface area contributed by atoms with Crippen molar-refractivity contribution in [2.75, 3.05) is 7.05 Å². The number of hydrogen-bond donors (Lipinski definition) is 5. The predicted molar refractivity (Wildman–Crippen MR) is 237 cm³/mol. The first-order valence-corrected chi connectivity index (χ1v) is 19.6. The van der Waals surface area contributed by atoms with E-state index >= 15 is 0 Å². The van der Waals surface area contributed by atoms with Crippen molar-refractivity contribution in [3.05, 3.63) is 214 Å². The van der Waals surface area contributed by atoms with E-state index in [9.17, 15) is 0 Å². The van der Waals surface area contributed by atoms with Gasteiger partial charge in [0, 0.05) is 36.8 Å². The molecule has 0 saturated heterocycles. The summed E-state index contributed by atoms with van der Waals surface area (Å²) < 4.78 is 0. The lowest BCUT2D eigenvalue weighted by Gasteiger charge is -2.14. The highest BCUT2D eigenvalue weighted by molar-refractivity contribution is 5.33. The third kappa shape index (κ3) is 17.0. The van der Waals surface area contributed by atoms with Crippen LogP contribution in [0.1, 0.15) is 109 Å². The highest BCUT2D eigenvalue weighted by Crippen LogP contribution is 2.28. The predicted octanol–water partition coefficient (Wildman–Crippen LogP) is 10.9. The van der Waals surface area contributed by atoms with Gasteiger partial charge >= 0.3 is 0 Å². The zero-order valence-corrected chi connectivity index (χ0v) is 33.9. The first kappa shape index (κ1) is 44.5. The van der Waals surface area contributed by atoms with Crippen LogP contribution in [0, 0.1) is 6.92 Å². The Morgan fingerprint density at radius 2 is 0.945 bits per heavy atom. The standard InChI is InChI=1S/C15H17N.C9H11N.2C9H13N.C8H11N/c1-13(15-10-6-3-7-11-15)16-12-14-8-4-2-5-9-14;10-9-6-5-7-3-1-2-4-8(7)9;1-7-3-5-9(6-4-7)8(2)10;1-8(10-2)9-6-4-3-5-7-9;1-7(9)8-5-3-2-4-6-8/h2-11,13,16H,12H2,1H3;1-4,9H,5-6,10H2;3-6,8H,10H2,1-2H3;3-8,10H,1-2H3;2-7H,9H2,1H3. The topological polar surface area (TPSA) is 102 Å². The monoisotopic (exact) mass is 736 g/mol. The smallest absolute Gasteiger partial charge is 0.0300 e. The molecular weight excluding hydrogens is 671 g/mol. The zero-order valence-electron chi connectivity index (χ0n) is 33.9. The van der Waals surface area contributed by atoms with E-state index in [1.165, 1.54) is 44.5 Å². The van der Waals surface area contributed by atoms with E-state index in [1.807, 2.05) is 69.4 Å². The van der Waals surface area contributed by atoms with Gasteiger partial charge in [-0.2, -0.15) is 0 Å². The average Bonchev–Trinajstić information content (AvgIpc) is 3.62. The maximum atomic E-state index is 5.85. The summed E-state index contributed by atoms with van der Waals surface area (Å²) >= 11 is 0. The highest BCUT2D eigenvalue weighted by atomic mass is 14.9. The van der Waals surface area contributed by atoms with Crippen molar-refractivity contribution in [2.45, 2.75) is 84.2 Å². The lowest BCUT2D eigenvalue weighted by atomic mass is 10.1. The van der Waals surface area contributed by atoms with Crippen molar-refractivity contribution >= 4 is 0 Å². The van der Waals surface area contributed by atoms with Crippen molar-refractivity contribution in [3.63, 3.8) is 0 Å². The summed E-state index contributed by atoms with van der Waals surface area (Å²) in [6.45, 7) is 11.3. The van der Waals surface area contributed by atoms with Crippen LogP contribution < -0.4 is 27.8 Å². The first-order chi connectivity index (χ1) is 26.6. The minimum absolute atomic E-state index is 0.153. The van der Waals surface area contributed by atoms with Crippen LogP contribution in [0.4, 0.5) is 0 Å². The van der Waals surface area contributed by atoms with Gasteiger partial charge in [-0.15, -0.1) is 0 Å². The maximum absolute atomic E-state index is 5.85. The van der Waals surface area contributed by atoms with Crippen LogP contribution in [0.2, 0.25) is 0 Å². The van der Waals surface area contributed by atoms with Gasteiger partial charge in [0.15, 0.2) is 0 Å². The molecule has 0 fully saturated rings. The van der Waals surface area contributed by atoms with E-state index in [0.29, 0.717) is 18.1 Å². The Kier molecular flexibility index (Phi) is 20.4. The fourth-order valence-electron chi connectivity index (χ4n) is 5.85. The molecule has 0 amide bonds. The molecule has 0 aromatic heterocycles. The van der Waals surface area contributed by atoms with Crippen molar-refractivity contribution in [3.8, 4) is 0 Å². The molecule has 0 bridgehead atoms. The van der Waals surface area contributed by atoms with Crippen LogP contribution >= 0.6 is 0 Å². The summed E-state index contributed by atoms with van der Waals surface area (Å²) in [4.78, 5) is 0. The number of benzene rings is 6. The molecule has 0 saturated carbocycles. The number of rotatable bonds is 8. The van der Waals surface area contributed by atoms with Crippen molar-refractivity contribution in [2.24, 2.45) is 17.2 Å². The summed E-state index contributed by atoms with van der Waals surface area (Å²) in [5.74, 6) is 0. The third-order valence-corrected chi connectivity index (χ3v) is 9.60. The van der Waals surface area contributed by atoms with E-state index in [0.717, 1.165) is 19.4 Å². The van der Waals surface area contributed by atoms with Crippen LogP contribution in [0.15, 0.2) is 170 Å². The quantitative estimate of drug-likeness (QED) is 0.107. The average molecular weight is 736 g/mol. The highest BCUT2D eigenvalue weighted by Gasteiger charge is 2.16. The van der Waals surface area contributed by atoms with Crippen LogP contribution in [0.25, 0.3) is 0 Å². The van der Waals surface area contributed by atoms with Gasteiger partial charge in [0.25, 0.3) is 0 Å². The summed E-state index contributed by atoms with van der Waals surface area (Å²) in [5.41, 5.74) is 27.6. The van der Waals surface area contributed by atoms with Gasteiger partial charge < -0.3 is 27.8 Å². The zero-order chi connectivity index (χ0) is 39.8. The molecule has 0 spiro atoms. The van der Waals surface area contributed by atoms with Crippen LogP contribution in [0.3, 0.4) is 0 Å². The van der Waals surface area contributed by atoms with Crippen molar-refractivity contribution < 1.29 is 0 Å². The molecule has 1 aliphatic rings. The normalized spacial score (nSPS) is 14.6. The molecular formula is C50H65N5. The van der Waals surface area contributed by atoms with Crippen LogP contribution in [-0.4, -0.2) is 7.05 Å². The molecule has 5 heteroatoms. The summed E-state index contributed by atoms with van der Waals surface area (Å²) in [5, 5.41) is 6.70. The minimum Gasteiger partial charge on any atom is -0.324 e. The molecule has 5 nitrogen and oxygen atoms in total. The van der Waals surface area contributed by atoms with Gasteiger partial charge in [0.1, 0.15) is 0 Å². The Labute approximate surface area is 332 Å². The lowest BCUT2D eigenvalue weighted by Crippen LogP contribution is -2.17. The largest absolute Gasteiger partial charge is 0.324 e. The van der Waals surface area contributed by atoms with Gasteiger partial charge in [-0.05, 0) is 93.5 Å². The molecule has 6 aromatic rings. The molecule has 0 radical (unpaired) electrons. The molecule has 7 rings (SSSR count).